The Labute approximate surface area is 140 Å². The van der Waals surface area contributed by atoms with E-state index in [1.165, 1.54) is 10.6 Å². The summed E-state index contributed by atoms with van der Waals surface area (Å²) in [5.74, 6) is 0. The Morgan fingerprint density at radius 2 is 1.96 bits per heavy atom. The van der Waals surface area contributed by atoms with Crippen LogP contribution in [0.25, 0.3) is 4.96 Å². The highest BCUT2D eigenvalue weighted by Crippen LogP contribution is 2.22. The Bertz CT molecular complexity index is 952. The zero-order valence-electron chi connectivity index (χ0n) is 13.7. The topological polar surface area (TPSA) is 58.8 Å². The van der Waals surface area contributed by atoms with Gasteiger partial charge in [0.15, 0.2) is 4.96 Å². The molecule has 0 aliphatic rings. The van der Waals surface area contributed by atoms with Gasteiger partial charge in [0, 0.05) is 39.0 Å². The minimum Gasteiger partial charge on any atom is -0.379 e. The molecule has 7 heteroatoms. The number of thiazole rings is 1. The van der Waals surface area contributed by atoms with Crippen LogP contribution < -0.4 is 5.32 Å². The van der Waals surface area contributed by atoms with Gasteiger partial charge in [-0.15, -0.1) is 11.3 Å². The maximum atomic E-state index is 11.7. The standard InChI is InChI=1S/C16H20N4OS2/c1-11-10-20-15(12(2)18-16(20)22-11)9-17-13-5-7-14(8-6-13)19-23(3,4)21/h5-8,10,17H,9H2,1-4H3. The number of hydrogen-bond acceptors (Lipinski definition) is 5. The van der Waals surface area contributed by atoms with Gasteiger partial charge in [-0.25, -0.2) is 9.19 Å². The van der Waals surface area contributed by atoms with Gasteiger partial charge in [0.05, 0.1) is 23.6 Å². The fraction of sp³-hybridized carbons (Fsp3) is 0.312. The van der Waals surface area contributed by atoms with Crippen LogP contribution in [0.1, 0.15) is 16.3 Å². The van der Waals surface area contributed by atoms with E-state index >= 15 is 0 Å². The molecule has 2 aromatic heterocycles. The third-order valence-electron chi connectivity index (χ3n) is 3.39. The molecule has 0 atom stereocenters. The molecule has 3 rings (SSSR count). The third kappa shape index (κ3) is 3.73. The molecule has 0 saturated carbocycles. The van der Waals surface area contributed by atoms with E-state index in [1.54, 1.807) is 23.8 Å². The molecule has 122 valence electrons. The van der Waals surface area contributed by atoms with E-state index in [1.807, 2.05) is 31.2 Å². The number of aromatic nitrogens is 2. The fourth-order valence-electron chi connectivity index (χ4n) is 2.40. The van der Waals surface area contributed by atoms with E-state index in [4.69, 9.17) is 0 Å². The molecule has 0 unspecified atom stereocenters. The fourth-order valence-corrected chi connectivity index (χ4v) is 3.92. The quantitative estimate of drug-likeness (QED) is 0.776. The van der Waals surface area contributed by atoms with E-state index in [0.717, 1.165) is 22.0 Å². The van der Waals surface area contributed by atoms with Crippen molar-refractivity contribution < 1.29 is 4.21 Å². The lowest BCUT2D eigenvalue weighted by atomic mass is 10.2. The number of aryl methyl sites for hydroxylation is 2. The molecule has 0 spiro atoms. The van der Waals surface area contributed by atoms with Crippen LogP contribution >= 0.6 is 11.3 Å². The van der Waals surface area contributed by atoms with E-state index in [2.05, 4.69) is 32.2 Å². The van der Waals surface area contributed by atoms with Crippen molar-refractivity contribution in [3.8, 4) is 0 Å². The third-order valence-corrected chi connectivity index (χ3v) is 4.94. The van der Waals surface area contributed by atoms with E-state index in [-0.39, 0.29) is 0 Å². The van der Waals surface area contributed by atoms with Gasteiger partial charge in [-0.05, 0) is 38.1 Å². The lowest BCUT2D eigenvalue weighted by molar-refractivity contribution is 0.684. The van der Waals surface area contributed by atoms with Crippen molar-refractivity contribution in [3.05, 3.63) is 46.7 Å². The molecule has 0 bridgehead atoms. The van der Waals surface area contributed by atoms with Crippen LogP contribution in [0.3, 0.4) is 0 Å². The highest BCUT2D eigenvalue weighted by atomic mass is 32.2. The predicted octanol–water partition coefficient (Wildman–Crippen LogP) is 3.98. The molecule has 0 aliphatic carbocycles. The molecule has 2 heterocycles. The number of nitrogens with one attached hydrogen (secondary N) is 1. The molecular weight excluding hydrogens is 328 g/mol. The summed E-state index contributed by atoms with van der Waals surface area (Å²) in [5, 5.41) is 3.41. The zero-order chi connectivity index (χ0) is 16.6. The molecule has 0 fully saturated rings. The van der Waals surface area contributed by atoms with Gasteiger partial charge in [0.1, 0.15) is 0 Å². The molecule has 5 nitrogen and oxygen atoms in total. The van der Waals surface area contributed by atoms with Gasteiger partial charge in [-0.1, -0.05) is 0 Å². The molecular formula is C16H20N4OS2. The Morgan fingerprint density at radius 1 is 1.26 bits per heavy atom. The SMILES string of the molecule is Cc1cn2c(CNc3ccc(N=S(C)(C)=O)cc3)c(C)nc2s1. The van der Waals surface area contributed by atoms with Crippen molar-refractivity contribution in [1.29, 1.82) is 0 Å². The number of benzene rings is 1. The summed E-state index contributed by atoms with van der Waals surface area (Å²) in [7, 11) is -2.12. The van der Waals surface area contributed by atoms with Crippen LogP contribution in [-0.2, 0) is 16.3 Å². The molecule has 3 aromatic rings. The lowest BCUT2D eigenvalue weighted by Gasteiger charge is -2.07. The number of nitrogens with zero attached hydrogens (tertiary/aromatic N) is 3. The van der Waals surface area contributed by atoms with Crippen molar-refractivity contribution in [2.75, 3.05) is 17.8 Å². The Hall–Kier alpha value is -1.86. The average Bonchev–Trinajstić information content (AvgIpc) is 2.92. The van der Waals surface area contributed by atoms with Crippen molar-refractivity contribution in [2.24, 2.45) is 4.36 Å². The normalized spacial score (nSPS) is 11.8. The number of imidazole rings is 1. The molecule has 0 aliphatic heterocycles. The van der Waals surface area contributed by atoms with E-state index < -0.39 is 9.73 Å². The summed E-state index contributed by atoms with van der Waals surface area (Å²) >= 11 is 1.70. The summed E-state index contributed by atoms with van der Waals surface area (Å²) in [6, 6.07) is 7.66. The maximum absolute atomic E-state index is 11.7. The van der Waals surface area contributed by atoms with Crippen LogP contribution in [-0.4, -0.2) is 26.1 Å². The maximum Gasteiger partial charge on any atom is 0.194 e. The summed E-state index contributed by atoms with van der Waals surface area (Å²) in [6.07, 6.45) is 5.39. The monoisotopic (exact) mass is 348 g/mol. The molecule has 1 N–H and O–H groups in total. The highest BCUT2D eigenvalue weighted by Gasteiger charge is 2.10. The summed E-state index contributed by atoms with van der Waals surface area (Å²) < 4.78 is 18.0. The lowest BCUT2D eigenvalue weighted by Crippen LogP contribution is -2.03. The largest absolute Gasteiger partial charge is 0.379 e. The second kappa shape index (κ2) is 5.98. The van der Waals surface area contributed by atoms with Gasteiger partial charge < -0.3 is 5.32 Å². The van der Waals surface area contributed by atoms with Crippen molar-refractivity contribution in [3.63, 3.8) is 0 Å². The number of rotatable bonds is 4. The van der Waals surface area contributed by atoms with Gasteiger partial charge in [0.2, 0.25) is 0 Å². The first-order valence-corrected chi connectivity index (χ1v) is 10.4. The van der Waals surface area contributed by atoms with Crippen molar-refractivity contribution in [2.45, 2.75) is 20.4 Å². The average molecular weight is 348 g/mol. The van der Waals surface area contributed by atoms with Crippen molar-refractivity contribution >= 4 is 37.4 Å². The molecule has 1 aromatic carbocycles. The van der Waals surface area contributed by atoms with E-state index in [9.17, 15) is 4.21 Å². The van der Waals surface area contributed by atoms with Crippen LogP contribution in [0.5, 0.6) is 0 Å². The Kier molecular flexibility index (Phi) is 4.16. The van der Waals surface area contributed by atoms with Crippen LogP contribution in [0.15, 0.2) is 34.8 Å². The zero-order valence-corrected chi connectivity index (χ0v) is 15.3. The van der Waals surface area contributed by atoms with Gasteiger partial charge >= 0.3 is 0 Å². The molecule has 0 radical (unpaired) electrons. The summed E-state index contributed by atoms with van der Waals surface area (Å²) in [4.78, 5) is 6.88. The molecule has 0 saturated heterocycles. The van der Waals surface area contributed by atoms with Crippen molar-refractivity contribution in [1.82, 2.24) is 9.38 Å². The molecule has 23 heavy (non-hydrogen) atoms. The predicted molar refractivity (Wildman–Crippen MR) is 98.4 cm³/mol. The first kappa shape index (κ1) is 16.0. The smallest absolute Gasteiger partial charge is 0.194 e. The number of fused-ring (bicyclic) bond motifs is 1. The second-order valence-corrected chi connectivity index (χ2v) is 9.57. The Balaban J connectivity index is 1.77. The first-order chi connectivity index (χ1) is 10.8. The minimum absolute atomic E-state index is 0.706. The number of anilines is 1. The van der Waals surface area contributed by atoms with Gasteiger partial charge in [-0.2, -0.15) is 4.36 Å². The summed E-state index contributed by atoms with van der Waals surface area (Å²) in [6.45, 7) is 4.83. The first-order valence-electron chi connectivity index (χ1n) is 7.27. The van der Waals surface area contributed by atoms with Crippen LogP contribution in [0, 0.1) is 13.8 Å². The van der Waals surface area contributed by atoms with Crippen LogP contribution in [0.2, 0.25) is 0 Å². The summed E-state index contributed by atoms with van der Waals surface area (Å²) in [5.41, 5.74) is 3.96. The second-order valence-electron chi connectivity index (χ2n) is 5.81. The van der Waals surface area contributed by atoms with Gasteiger partial charge in [-0.3, -0.25) is 4.40 Å². The highest BCUT2D eigenvalue weighted by molar-refractivity contribution is 7.92. The molecule has 0 amide bonds. The van der Waals surface area contributed by atoms with E-state index in [0.29, 0.717) is 6.54 Å². The Morgan fingerprint density at radius 3 is 2.61 bits per heavy atom. The van der Waals surface area contributed by atoms with Crippen LogP contribution in [0.4, 0.5) is 11.4 Å². The minimum atomic E-state index is -2.12. The number of hydrogen-bond donors (Lipinski definition) is 1. The van der Waals surface area contributed by atoms with Gasteiger partial charge in [0.25, 0.3) is 0 Å².